The number of pyridine rings is 1. The zero-order valence-corrected chi connectivity index (χ0v) is 25.2. The Bertz CT molecular complexity index is 1470. The highest BCUT2D eigenvalue weighted by molar-refractivity contribution is 5.92. The molecule has 2 aromatic heterocycles. The number of nitrogens with zero attached hydrogens (tertiary/aromatic N) is 7. The number of nitrogens with one attached hydrogen (secondary N) is 1. The molecule has 3 aromatic rings. The maximum absolute atomic E-state index is 13.1. The third-order valence-electron chi connectivity index (χ3n) is 7.94. The molecule has 1 saturated heterocycles. The Hall–Kier alpha value is -4.12. The molecule has 0 saturated carbocycles. The highest BCUT2D eigenvalue weighted by Crippen LogP contribution is 2.39. The van der Waals surface area contributed by atoms with Crippen molar-refractivity contribution in [3.05, 3.63) is 53.5 Å². The number of ether oxygens (including phenoxy) is 2. The summed E-state index contributed by atoms with van der Waals surface area (Å²) in [5.74, 6) is 1.04. The molecule has 6 rings (SSSR count). The first kappa shape index (κ1) is 28.0. The number of piperazine rings is 1. The first-order chi connectivity index (χ1) is 20.1. The van der Waals surface area contributed by atoms with E-state index >= 15 is 0 Å². The number of benzene rings is 1. The Morgan fingerprint density at radius 3 is 2.62 bits per heavy atom. The molecule has 0 aliphatic carbocycles. The SMILES string of the molecule is Cc1c(N2CCc3cnc(Nc4cccc(N5CCN(C)CC5)c4)nc3C2)cnc2c1N(C(=O)OC(C)(C)C)CCO2. The summed E-state index contributed by atoms with van der Waals surface area (Å²) in [6.07, 6.45) is 4.19. The summed E-state index contributed by atoms with van der Waals surface area (Å²) in [6.45, 7) is 14.0. The number of hydrogen-bond acceptors (Lipinski definition) is 10. The van der Waals surface area contributed by atoms with Crippen LogP contribution in [0.2, 0.25) is 0 Å². The maximum Gasteiger partial charge on any atom is 0.415 e. The summed E-state index contributed by atoms with van der Waals surface area (Å²) in [6, 6.07) is 8.45. The van der Waals surface area contributed by atoms with Gasteiger partial charge in [0, 0.05) is 55.9 Å². The Balaban J connectivity index is 1.20. The Labute approximate surface area is 247 Å². The van der Waals surface area contributed by atoms with Crippen LogP contribution < -0.4 is 24.8 Å². The van der Waals surface area contributed by atoms with Crippen molar-refractivity contribution in [2.24, 2.45) is 0 Å². The van der Waals surface area contributed by atoms with Gasteiger partial charge in [0.2, 0.25) is 11.8 Å². The van der Waals surface area contributed by atoms with Gasteiger partial charge in [-0.3, -0.25) is 4.90 Å². The van der Waals surface area contributed by atoms with Crippen molar-refractivity contribution >= 4 is 34.8 Å². The number of amides is 1. The van der Waals surface area contributed by atoms with Crippen LogP contribution in [0.1, 0.15) is 37.6 Å². The van der Waals surface area contributed by atoms with Gasteiger partial charge in [0.05, 0.1) is 30.7 Å². The summed E-state index contributed by atoms with van der Waals surface area (Å²) in [5.41, 5.74) is 6.25. The molecule has 11 nitrogen and oxygen atoms in total. The Morgan fingerprint density at radius 2 is 1.83 bits per heavy atom. The second kappa shape index (κ2) is 11.3. The summed E-state index contributed by atoms with van der Waals surface area (Å²) in [5, 5.41) is 3.42. The van der Waals surface area contributed by atoms with Gasteiger partial charge in [0.15, 0.2) is 0 Å². The lowest BCUT2D eigenvalue weighted by molar-refractivity contribution is 0.0566. The molecule has 3 aliphatic heterocycles. The van der Waals surface area contributed by atoms with Gasteiger partial charge in [-0.15, -0.1) is 0 Å². The van der Waals surface area contributed by atoms with Crippen molar-refractivity contribution in [2.45, 2.75) is 46.3 Å². The minimum atomic E-state index is -0.595. The standard InChI is InChI=1S/C31H40N8O3/c1-21-26(19-32-28-27(21)39(15-16-41-28)30(40)42-31(2,3)4)38-10-9-22-18-33-29(35-25(22)20-38)34-23-7-6-8-24(17-23)37-13-11-36(5)12-14-37/h6-8,17-19H,9-16,20H2,1-5H3,(H,33,34,35). The van der Waals surface area contributed by atoms with E-state index in [0.717, 1.165) is 67.3 Å². The van der Waals surface area contributed by atoms with Crippen LogP contribution in [0.15, 0.2) is 36.7 Å². The molecule has 1 aromatic carbocycles. The fourth-order valence-electron chi connectivity index (χ4n) is 5.69. The number of anilines is 5. The molecule has 11 heteroatoms. The molecule has 0 atom stereocenters. The van der Waals surface area contributed by atoms with Gasteiger partial charge >= 0.3 is 6.09 Å². The molecule has 1 amide bonds. The van der Waals surface area contributed by atoms with Crippen LogP contribution >= 0.6 is 0 Å². The van der Waals surface area contributed by atoms with Crippen LogP contribution in [-0.4, -0.2) is 84.5 Å². The number of likely N-dealkylation sites (N-methyl/N-ethyl adjacent to an activating group) is 1. The van der Waals surface area contributed by atoms with E-state index in [2.05, 4.69) is 61.3 Å². The predicted molar refractivity (Wildman–Crippen MR) is 164 cm³/mol. The molecule has 0 unspecified atom stereocenters. The van der Waals surface area contributed by atoms with Crippen LogP contribution in [-0.2, 0) is 17.7 Å². The predicted octanol–water partition coefficient (Wildman–Crippen LogP) is 4.37. The maximum atomic E-state index is 13.1. The van der Waals surface area contributed by atoms with Gasteiger partial charge in [-0.1, -0.05) is 6.07 Å². The van der Waals surface area contributed by atoms with Crippen LogP contribution in [0.25, 0.3) is 0 Å². The minimum absolute atomic E-state index is 0.375. The molecule has 0 radical (unpaired) electrons. The van der Waals surface area contributed by atoms with Crippen LogP contribution in [0.3, 0.4) is 0 Å². The summed E-state index contributed by atoms with van der Waals surface area (Å²) in [7, 11) is 2.17. The molecular weight excluding hydrogens is 532 g/mol. The van der Waals surface area contributed by atoms with Crippen LogP contribution in [0, 0.1) is 6.92 Å². The third-order valence-corrected chi connectivity index (χ3v) is 7.94. The van der Waals surface area contributed by atoms with Gasteiger partial charge < -0.3 is 29.5 Å². The molecule has 1 N–H and O–H groups in total. The molecule has 42 heavy (non-hydrogen) atoms. The lowest BCUT2D eigenvalue weighted by atomic mass is 10.0. The second-order valence-corrected chi connectivity index (χ2v) is 12.2. The van der Waals surface area contributed by atoms with Crippen molar-refractivity contribution in [3.8, 4) is 5.88 Å². The van der Waals surface area contributed by atoms with E-state index in [1.165, 1.54) is 5.69 Å². The number of hydrogen-bond donors (Lipinski definition) is 1. The van der Waals surface area contributed by atoms with Crippen molar-refractivity contribution in [1.29, 1.82) is 0 Å². The van der Waals surface area contributed by atoms with Gasteiger partial charge in [0.25, 0.3) is 0 Å². The molecule has 3 aliphatic rings. The molecule has 222 valence electrons. The van der Waals surface area contributed by atoms with Gasteiger partial charge in [-0.2, -0.15) is 0 Å². The normalized spacial score (nSPS) is 17.3. The third kappa shape index (κ3) is 5.92. The first-order valence-corrected chi connectivity index (χ1v) is 14.7. The number of rotatable bonds is 4. The monoisotopic (exact) mass is 572 g/mol. The van der Waals surface area contributed by atoms with E-state index in [0.29, 0.717) is 37.2 Å². The van der Waals surface area contributed by atoms with Crippen LogP contribution in [0.5, 0.6) is 5.88 Å². The van der Waals surface area contributed by atoms with Crippen molar-refractivity contribution in [1.82, 2.24) is 19.9 Å². The minimum Gasteiger partial charge on any atom is -0.474 e. The Morgan fingerprint density at radius 1 is 1.02 bits per heavy atom. The molecule has 1 fully saturated rings. The van der Waals surface area contributed by atoms with Crippen LogP contribution in [0.4, 0.5) is 33.5 Å². The van der Waals surface area contributed by atoms with E-state index < -0.39 is 11.7 Å². The van der Waals surface area contributed by atoms with Gasteiger partial charge in [0.1, 0.15) is 17.9 Å². The van der Waals surface area contributed by atoms with E-state index in [1.54, 1.807) is 4.90 Å². The average molecular weight is 573 g/mol. The summed E-state index contributed by atoms with van der Waals surface area (Å²) in [4.78, 5) is 35.9. The van der Waals surface area contributed by atoms with Gasteiger partial charge in [-0.05, 0) is 64.9 Å². The molecule has 0 bridgehead atoms. The van der Waals surface area contributed by atoms with E-state index in [9.17, 15) is 4.79 Å². The number of aromatic nitrogens is 3. The van der Waals surface area contributed by atoms with Crippen molar-refractivity contribution in [2.75, 3.05) is 72.9 Å². The molecule has 0 spiro atoms. The second-order valence-electron chi connectivity index (χ2n) is 12.2. The first-order valence-electron chi connectivity index (χ1n) is 14.7. The largest absolute Gasteiger partial charge is 0.474 e. The van der Waals surface area contributed by atoms with E-state index in [-0.39, 0.29) is 0 Å². The number of fused-ring (bicyclic) bond motifs is 2. The topological polar surface area (TPSA) is 99.2 Å². The van der Waals surface area contributed by atoms with Crippen molar-refractivity contribution < 1.29 is 14.3 Å². The zero-order valence-electron chi connectivity index (χ0n) is 25.2. The number of carbonyl (C=O) groups is 1. The van der Waals surface area contributed by atoms with Gasteiger partial charge in [-0.25, -0.2) is 19.7 Å². The Kier molecular flexibility index (Phi) is 7.53. The lowest BCUT2D eigenvalue weighted by Gasteiger charge is -2.35. The summed E-state index contributed by atoms with van der Waals surface area (Å²) < 4.78 is 11.5. The number of carbonyl (C=O) groups excluding carboxylic acids is 1. The molecular formula is C31H40N8O3. The smallest absolute Gasteiger partial charge is 0.415 e. The summed E-state index contributed by atoms with van der Waals surface area (Å²) >= 11 is 0. The lowest BCUT2D eigenvalue weighted by Crippen LogP contribution is -2.44. The fourth-order valence-corrected chi connectivity index (χ4v) is 5.69. The highest BCUT2D eigenvalue weighted by Gasteiger charge is 2.33. The molecule has 5 heterocycles. The zero-order chi connectivity index (χ0) is 29.4. The quantitative estimate of drug-likeness (QED) is 0.485. The van der Waals surface area contributed by atoms with E-state index in [1.807, 2.05) is 40.1 Å². The van der Waals surface area contributed by atoms with Crippen molar-refractivity contribution in [3.63, 3.8) is 0 Å². The van der Waals surface area contributed by atoms with E-state index in [4.69, 9.17) is 14.5 Å². The highest BCUT2D eigenvalue weighted by atomic mass is 16.6. The average Bonchev–Trinajstić information content (AvgIpc) is 2.96. The fraction of sp³-hybridized carbons (Fsp3) is 0.484.